The Bertz CT molecular complexity index is 638. The molecule has 0 aliphatic carbocycles. The van der Waals surface area contributed by atoms with Crippen LogP contribution >= 0.6 is 23.1 Å². The number of halogens is 2. The summed E-state index contributed by atoms with van der Waals surface area (Å²) in [5.74, 6) is -0.370. The summed E-state index contributed by atoms with van der Waals surface area (Å²) in [5.41, 5.74) is 1.57. The van der Waals surface area contributed by atoms with Gasteiger partial charge in [0.15, 0.2) is 0 Å². The van der Waals surface area contributed by atoms with E-state index in [1.807, 2.05) is 17.9 Å². The fourth-order valence-electron chi connectivity index (χ4n) is 1.77. The third-order valence-corrected chi connectivity index (χ3v) is 3.89. The highest BCUT2D eigenvalue weighted by Gasteiger charge is 2.13. The third-order valence-electron chi connectivity index (χ3n) is 2.91. The molecule has 0 aliphatic rings. The van der Waals surface area contributed by atoms with Crippen molar-refractivity contribution in [1.82, 2.24) is 14.5 Å². The summed E-state index contributed by atoms with van der Waals surface area (Å²) in [6, 6.07) is 6.42. The smallest absolute Gasteiger partial charge is 0.138 e. The van der Waals surface area contributed by atoms with Gasteiger partial charge in [0.05, 0.1) is 11.6 Å². The van der Waals surface area contributed by atoms with Gasteiger partial charge in [-0.05, 0) is 18.7 Å². The van der Waals surface area contributed by atoms with Crippen molar-refractivity contribution in [3.63, 3.8) is 0 Å². The Hall–Kier alpha value is -1.55. The summed E-state index contributed by atoms with van der Waals surface area (Å²) in [4.78, 5) is 2.01. The predicted molar refractivity (Wildman–Crippen MR) is 75.8 cm³/mol. The highest BCUT2D eigenvalue weighted by atomic mass is 35.5. The molecule has 2 aromatic rings. The van der Waals surface area contributed by atoms with Crippen molar-refractivity contribution >= 4 is 23.1 Å². The van der Waals surface area contributed by atoms with E-state index in [4.69, 9.17) is 16.9 Å². The van der Waals surface area contributed by atoms with Crippen molar-refractivity contribution in [2.45, 2.75) is 20.0 Å². The van der Waals surface area contributed by atoms with Gasteiger partial charge in [-0.1, -0.05) is 29.1 Å². The molecule has 0 unspecified atom stereocenters. The molecule has 0 aliphatic heterocycles. The lowest BCUT2D eigenvalue weighted by Gasteiger charge is -2.19. The van der Waals surface area contributed by atoms with E-state index < -0.39 is 0 Å². The molecule has 0 saturated heterocycles. The summed E-state index contributed by atoms with van der Waals surface area (Å²) in [7, 11) is 0. The van der Waals surface area contributed by atoms with Gasteiger partial charge in [-0.3, -0.25) is 4.90 Å². The molecular formula is C13H12ClFN4S. The van der Waals surface area contributed by atoms with Gasteiger partial charge >= 0.3 is 0 Å². The van der Waals surface area contributed by atoms with Crippen molar-refractivity contribution in [1.29, 1.82) is 5.26 Å². The number of nitriles is 1. The predicted octanol–water partition coefficient (Wildman–Crippen LogP) is 3.22. The number of rotatable bonds is 5. The molecule has 0 radical (unpaired) electrons. The molecule has 0 saturated carbocycles. The first-order valence-corrected chi connectivity index (χ1v) is 7.16. The van der Waals surface area contributed by atoms with Crippen LogP contribution in [-0.4, -0.2) is 21.0 Å². The molecule has 104 valence electrons. The van der Waals surface area contributed by atoms with Gasteiger partial charge in [0.1, 0.15) is 15.8 Å². The summed E-state index contributed by atoms with van der Waals surface area (Å²) >= 11 is 7.11. The van der Waals surface area contributed by atoms with Crippen LogP contribution < -0.4 is 0 Å². The zero-order valence-electron chi connectivity index (χ0n) is 10.8. The van der Waals surface area contributed by atoms with Gasteiger partial charge < -0.3 is 0 Å². The summed E-state index contributed by atoms with van der Waals surface area (Å²) in [6.45, 7) is 3.66. The van der Waals surface area contributed by atoms with Crippen LogP contribution in [0.3, 0.4) is 0 Å². The molecule has 4 nitrogen and oxygen atoms in total. The van der Waals surface area contributed by atoms with Crippen molar-refractivity contribution in [3.05, 3.63) is 45.2 Å². The minimum atomic E-state index is -0.370. The van der Waals surface area contributed by atoms with E-state index in [1.54, 1.807) is 12.1 Å². The Balaban J connectivity index is 2.11. The second kappa shape index (κ2) is 6.75. The molecule has 1 heterocycles. The highest BCUT2D eigenvalue weighted by molar-refractivity contribution is 7.10. The Kier molecular flexibility index (Phi) is 5.01. The Labute approximate surface area is 125 Å². The zero-order valence-corrected chi connectivity index (χ0v) is 12.4. The van der Waals surface area contributed by atoms with E-state index in [1.165, 1.54) is 6.07 Å². The van der Waals surface area contributed by atoms with Crippen molar-refractivity contribution in [2.75, 3.05) is 6.54 Å². The zero-order chi connectivity index (χ0) is 14.5. The third kappa shape index (κ3) is 3.51. The van der Waals surface area contributed by atoms with E-state index in [2.05, 4.69) is 9.59 Å². The van der Waals surface area contributed by atoms with Gasteiger partial charge in [0.2, 0.25) is 0 Å². The molecule has 0 fully saturated rings. The topological polar surface area (TPSA) is 52.8 Å². The van der Waals surface area contributed by atoms with Crippen LogP contribution in [0.4, 0.5) is 4.39 Å². The Morgan fingerprint density at radius 3 is 2.80 bits per heavy atom. The van der Waals surface area contributed by atoms with E-state index in [9.17, 15) is 4.39 Å². The number of nitrogens with zero attached hydrogens (tertiary/aromatic N) is 4. The number of benzene rings is 1. The van der Waals surface area contributed by atoms with Crippen LogP contribution in [0.25, 0.3) is 0 Å². The first-order valence-electron chi connectivity index (χ1n) is 6.01. The molecule has 0 atom stereocenters. The average Bonchev–Trinajstić information content (AvgIpc) is 2.85. The fourth-order valence-corrected chi connectivity index (χ4v) is 2.38. The van der Waals surface area contributed by atoms with Crippen molar-refractivity contribution < 1.29 is 4.39 Å². The standard InChI is InChI=1S/C13H12ClFN4S/c1-2-19(8-12-13(14)20-18-17-12)7-10-4-3-9(6-16)5-11(10)15/h3-5H,2,7-8H2,1H3. The number of hydrogen-bond acceptors (Lipinski definition) is 5. The van der Waals surface area contributed by atoms with E-state index >= 15 is 0 Å². The van der Waals surface area contributed by atoms with E-state index in [0.29, 0.717) is 34.2 Å². The van der Waals surface area contributed by atoms with Gasteiger partial charge in [-0.15, -0.1) is 5.10 Å². The van der Waals surface area contributed by atoms with Crippen LogP contribution in [0.2, 0.25) is 4.34 Å². The molecule has 20 heavy (non-hydrogen) atoms. The minimum Gasteiger partial charge on any atom is -0.293 e. The first kappa shape index (κ1) is 14.9. The molecule has 1 aromatic carbocycles. The number of aromatic nitrogens is 2. The normalized spacial score (nSPS) is 10.8. The molecule has 0 N–H and O–H groups in total. The molecule has 2 rings (SSSR count). The monoisotopic (exact) mass is 310 g/mol. The molecule has 0 spiro atoms. The second-order valence-electron chi connectivity index (χ2n) is 4.21. The Morgan fingerprint density at radius 1 is 1.45 bits per heavy atom. The lowest BCUT2D eigenvalue weighted by Crippen LogP contribution is -2.23. The van der Waals surface area contributed by atoms with Crippen molar-refractivity contribution in [3.8, 4) is 6.07 Å². The lowest BCUT2D eigenvalue weighted by atomic mass is 10.1. The van der Waals surface area contributed by atoms with Crippen LogP contribution in [0.5, 0.6) is 0 Å². The van der Waals surface area contributed by atoms with Gasteiger partial charge in [0, 0.05) is 30.2 Å². The van der Waals surface area contributed by atoms with Crippen LogP contribution in [-0.2, 0) is 13.1 Å². The first-order chi connectivity index (χ1) is 9.63. The van der Waals surface area contributed by atoms with E-state index in [-0.39, 0.29) is 5.82 Å². The van der Waals surface area contributed by atoms with Crippen molar-refractivity contribution in [2.24, 2.45) is 0 Å². The second-order valence-corrected chi connectivity index (χ2v) is 5.57. The molecule has 1 aromatic heterocycles. The quantitative estimate of drug-likeness (QED) is 0.851. The molecule has 7 heteroatoms. The maximum atomic E-state index is 13.9. The lowest BCUT2D eigenvalue weighted by molar-refractivity contribution is 0.264. The van der Waals surface area contributed by atoms with Crippen LogP contribution in [0.15, 0.2) is 18.2 Å². The molecule has 0 amide bonds. The van der Waals surface area contributed by atoms with Gasteiger partial charge in [-0.2, -0.15) is 5.26 Å². The van der Waals surface area contributed by atoms with Crippen LogP contribution in [0.1, 0.15) is 23.7 Å². The molecule has 0 bridgehead atoms. The summed E-state index contributed by atoms with van der Waals surface area (Å²) < 4.78 is 18.2. The van der Waals surface area contributed by atoms with E-state index in [0.717, 1.165) is 18.1 Å². The maximum absolute atomic E-state index is 13.9. The van der Waals surface area contributed by atoms with Gasteiger partial charge in [0.25, 0.3) is 0 Å². The fraction of sp³-hybridized carbons (Fsp3) is 0.308. The Morgan fingerprint density at radius 2 is 2.25 bits per heavy atom. The summed E-state index contributed by atoms with van der Waals surface area (Å²) in [6.07, 6.45) is 0. The number of hydrogen-bond donors (Lipinski definition) is 0. The summed E-state index contributed by atoms with van der Waals surface area (Å²) in [5, 5.41) is 12.7. The minimum absolute atomic E-state index is 0.320. The highest BCUT2D eigenvalue weighted by Crippen LogP contribution is 2.20. The van der Waals surface area contributed by atoms with Gasteiger partial charge in [-0.25, -0.2) is 4.39 Å². The van der Waals surface area contributed by atoms with Crippen LogP contribution in [0, 0.1) is 17.1 Å². The largest absolute Gasteiger partial charge is 0.293 e. The SMILES string of the molecule is CCN(Cc1ccc(C#N)cc1F)Cc1nnsc1Cl. The maximum Gasteiger partial charge on any atom is 0.138 e. The molecular weight excluding hydrogens is 299 g/mol. The average molecular weight is 311 g/mol.